The van der Waals surface area contributed by atoms with E-state index in [1.54, 1.807) is 14.2 Å². The second kappa shape index (κ2) is 7.34. The summed E-state index contributed by atoms with van der Waals surface area (Å²) in [5.74, 6) is 0.0864. The molecular weight excluding hydrogens is 390 g/mol. The van der Waals surface area contributed by atoms with Crippen molar-refractivity contribution in [1.82, 2.24) is 19.2 Å². The Hall–Kier alpha value is -2.23. The molecule has 0 radical (unpaired) electrons. The Morgan fingerprint density at radius 3 is 2.56 bits per heavy atom. The zero-order valence-electron chi connectivity index (χ0n) is 13.8. The van der Waals surface area contributed by atoms with Gasteiger partial charge in [-0.15, -0.1) is 5.10 Å². The molecule has 0 amide bonds. The van der Waals surface area contributed by atoms with Gasteiger partial charge in [0.05, 0.1) is 16.7 Å². The lowest BCUT2D eigenvalue weighted by Gasteiger charge is -2.11. The topological polar surface area (TPSA) is 96.7 Å². The molecule has 0 fully saturated rings. The molecule has 2 heterocycles. The molecule has 2 aromatic heterocycles. The summed E-state index contributed by atoms with van der Waals surface area (Å²) in [6, 6.07) is 9.56. The molecular formula is C16H18BrN5O3. The maximum Gasteiger partial charge on any atom is 0.353 e. The van der Waals surface area contributed by atoms with Crippen LogP contribution in [0.3, 0.4) is 0 Å². The SMILES string of the molecule is COC(CCn1nc2c(Br)c(-c3ccccc3)nc(N)n2c1=O)OC. The average Bonchev–Trinajstić information content (AvgIpc) is 2.97. The van der Waals surface area contributed by atoms with Crippen molar-refractivity contribution in [3.05, 3.63) is 45.3 Å². The van der Waals surface area contributed by atoms with Crippen LogP contribution < -0.4 is 11.4 Å². The number of aryl methyl sites for hydroxylation is 1. The van der Waals surface area contributed by atoms with Crippen molar-refractivity contribution in [2.24, 2.45) is 0 Å². The molecule has 0 aliphatic rings. The highest BCUT2D eigenvalue weighted by Crippen LogP contribution is 2.29. The molecule has 0 saturated heterocycles. The molecule has 2 N–H and O–H groups in total. The van der Waals surface area contributed by atoms with Crippen LogP contribution in [0.15, 0.2) is 39.6 Å². The van der Waals surface area contributed by atoms with Gasteiger partial charge < -0.3 is 15.2 Å². The van der Waals surface area contributed by atoms with Crippen molar-refractivity contribution in [2.45, 2.75) is 19.3 Å². The Morgan fingerprint density at radius 1 is 1.24 bits per heavy atom. The molecule has 3 aromatic rings. The molecule has 0 spiro atoms. The number of fused-ring (bicyclic) bond motifs is 1. The lowest BCUT2D eigenvalue weighted by molar-refractivity contribution is -0.108. The molecule has 8 nitrogen and oxygen atoms in total. The van der Waals surface area contributed by atoms with E-state index in [9.17, 15) is 4.79 Å². The van der Waals surface area contributed by atoms with Crippen LogP contribution in [0.2, 0.25) is 0 Å². The molecule has 0 aliphatic carbocycles. The van der Waals surface area contributed by atoms with Gasteiger partial charge in [-0.25, -0.2) is 18.9 Å². The average molecular weight is 408 g/mol. The molecule has 1 aromatic carbocycles. The van der Waals surface area contributed by atoms with Gasteiger partial charge in [-0.3, -0.25) is 0 Å². The first-order valence-corrected chi connectivity index (χ1v) is 8.41. The molecule has 0 bridgehead atoms. The maximum atomic E-state index is 12.6. The number of nitrogens with two attached hydrogens (primary N) is 1. The van der Waals surface area contributed by atoms with Crippen molar-refractivity contribution in [2.75, 3.05) is 20.0 Å². The fourth-order valence-corrected chi connectivity index (χ4v) is 3.14. The third-order valence-corrected chi connectivity index (χ3v) is 4.58. The third kappa shape index (κ3) is 3.30. The zero-order valence-corrected chi connectivity index (χ0v) is 15.4. The van der Waals surface area contributed by atoms with Gasteiger partial charge in [-0.05, 0) is 15.9 Å². The number of nitrogen functional groups attached to an aromatic ring is 1. The number of aromatic nitrogens is 4. The van der Waals surface area contributed by atoms with Crippen LogP contribution in [0.4, 0.5) is 5.95 Å². The Kier molecular flexibility index (Phi) is 5.16. The molecule has 9 heteroatoms. The quantitative estimate of drug-likeness (QED) is 0.626. The van der Waals surface area contributed by atoms with Crippen LogP contribution in [0.5, 0.6) is 0 Å². The third-order valence-electron chi connectivity index (χ3n) is 3.85. The minimum absolute atomic E-state index is 0.0864. The predicted molar refractivity (Wildman–Crippen MR) is 97.2 cm³/mol. The summed E-state index contributed by atoms with van der Waals surface area (Å²) < 4.78 is 13.5. The first kappa shape index (κ1) is 17.6. The number of anilines is 1. The van der Waals surface area contributed by atoms with Crippen molar-refractivity contribution in [3.8, 4) is 11.3 Å². The van der Waals surface area contributed by atoms with Gasteiger partial charge in [0.25, 0.3) is 0 Å². The zero-order chi connectivity index (χ0) is 18.0. The number of hydrogen-bond acceptors (Lipinski definition) is 6. The Balaban J connectivity index is 2.07. The molecule has 3 rings (SSSR count). The van der Waals surface area contributed by atoms with E-state index < -0.39 is 6.29 Å². The van der Waals surface area contributed by atoms with E-state index in [1.807, 2.05) is 30.3 Å². The fraction of sp³-hybridized carbons (Fsp3) is 0.312. The van der Waals surface area contributed by atoms with Crippen molar-refractivity contribution in [1.29, 1.82) is 0 Å². The minimum Gasteiger partial charge on any atom is -0.369 e. The highest BCUT2D eigenvalue weighted by Gasteiger charge is 2.19. The van der Waals surface area contributed by atoms with Crippen LogP contribution >= 0.6 is 15.9 Å². The van der Waals surface area contributed by atoms with Crippen LogP contribution in [0.1, 0.15) is 6.42 Å². The summed E-state index contributed by atoms with van der Waals surface area (Å²) in [5, 5.41) is 4.39. The number of halogens is 1. The Morgan fingerprint density at radius 2 is 1.92 bits per heavy atom. The summed E-state index contributed by atoms with van der Waals surface area (Å²) in [6.07, 6.45) is 0.0725. The Bertz CT molecular complexity index is 934. The van der Waals surface area contributed by atoms with Crippen molar-refractivity contribution < 1.29 is 9.47 Å². The number of ether oxygens (including phenoxy) is 2. The van der Waals surface area contributed by atoms with Gasteiger partial charge in [-0.2, -0.15) is 0 Å². The molecule has 0 aliphatic heterocycles. The lowest BCUT2D eigenvalue weighted by atomic mass is 10.1. The van der Waals surface area contributed by atoms with Crippen LogP contribution in [-0.4, -0.2) is 39.7 Å². The smallest absolute Gasteiger partial charge is 0.353 e. The molecule has 0 unspecified atom stereocenters. The van der Waals surface area contributed by atoms with E-state index in [4.69, 9.17) is 15.2 Å². The largest absolute Gasteiger partial charge is 0.369 e. The van der Waals surface area contributed by atoms with Crippen LogP contribution in [-0.2, 0) is 16.0 Å². The number of rotatable bonds is 6. The van der Waals surface area contributed by atoms with Crippen LogP contribution in [0.25, 0.3) is 16.9 Å². The van der Waals surface area contributed by atoms with Gasteiger partial charge in [0.15, 0.2) is 11.9 Å². The minimum atomic E-state index is -0.407. The molecule has 25 heavy (non-hydrogen) atoms. The summed E-state index contributed by atoms with van der Waals surface area (Å²) in [6.45, 7) is 0.333. The lowest BCUT2D eigenvalue weighted by Crippen LogP contribution is -2.25. The first-order valence-electron chi connectivity index (χ1n) is 7.62. The van der Waals surface area contributed by atoms with Crippen molar-refractivity contribution >= 4 is 27.5 Å². The second-order valence-electron chi connectivity index (χ2n) is 5.35. The van der Waals surface area contributed by atoms with E-state index in [1.165, 1.54) is 9.08 Å². The molecule has 0 atom stereocenters. The normalized spacial score (nSPS) is 11.5. The van der Waals surface area contributed by atoms with E-state index in [0.29, 0.717) is 28.8 Å². The van der Waals surface area contributed by atoms with Crippen LogP contribution in [0, 0.1) is 0 Å². The highest BCUT2D eigenvalue weighted by molar-refractivity contribution is 9.10. The molecule has 0 saturated carbocycles. The number of nitrogens with zero attached hydrogens (tertiary/aromatic N) is 4. The Labute approximate surface area is 152 Å². The summed E-state index contributed by atoms with van der Waals surface area (Å²) in [7, 11) is 3.09. The van der Waals surface area contributed by atoms with Gasteiger partial charge in [0.1, 0.15) is 0 Å². The summed E-state index contributed by atoms with van der Waals surface area (Å²) in [5.41, 5.74) is 7.59. The van der Waals surface area contributed by atoms with Crippen molar-refractivity contribution in [3.63, 3.8) is 0 Å². The highest BCUT2D eigenvalue weighted by atomic mass is 79.9. The standard InChI is InChI=1S/C16H18BrN5O3/c1-24-11(25-2)8-9-21-16(23)22-14(20-21)12(17)13(19-15(22)18)10-6-4-3-5-7-10/h3-7,11H,8-9H2,1-2H3,(H2,18,19). The van der Waals surface area contributed by atoms with E-state index in [2.05, 4.69) is 26.0 Å². The van der Waals surface area contributed by atoms with Gasteiger partial charge in [0.2, 0.25) is 5.95 Å². The first-order chi connectivity index (χ1) is 12.1. The number of methoxy groups -OCH3 is 2. The van der Waals surface area contributed by atoms with Gasteiger partial charge in [-0.1, -0.05) is 30.3 Å². The van der Waals surface area contributed by atoms with Gasteiger partial charge in [0, 0.05) is 26.2 Å². The predicted octanol–water partition coefficient (Wildman–Crippen LogP) is 1.91. The second-order valence-corrected chi connectivity index (χ2v) is 6.15. The van der Waals surface area contributed by atoms with E-state index in [-0.39, 0.29) is 11.6 Å². The van der Waals surface area contributed by atoms with E-state index in [0.717, 1.165) is 5.56 Å². The van der Waals surface area contributed by atoms with E-state index >= 15 is 0 Å². The number of benzene rings is 1. The fourth-order valence-electron chi connectivity index (χ4n) is 2.57. The summed E-state index contributed by atoms with van der Waals surface area (Å²) in [4.78, 5) is 16.9. The van der Waals surface area contributed by atoms with Gasteiger partial charge >= 0.3 is 5.69 Å². The molecule has 132 valence electrons. The number of hydrogen-bond donors (Lipinski definition) is 1. The summed E-state index contributed by atoms with van der Waals surface area (Å²) >= 11 is 3.50. The monoisotopic (exact) mass is 407 g/mol. The maximum absolute atomic E-state index is 12.6.